The maximum Gasteiger partial charge on any atom is 0.309 e. The number of hydrogen-bond acceptors (Lipinski definition) is 8. The summed E-state index contributed by atoms with van der Waals surface area (Å²) in [4.78, 5) is 30.5. The third kappa shape index (κ3) is 6.60. The molecule has 7 nitrogen and oxygen atoms in total. The molecular weight excluding hydrogens is 485 g/mol. The molecule has 0 aliphatic carbocycles. The van der Waals surface area contributed by atoms with Crippen molar-refractivity contribution in [2.24, 2.45) is 17.3 Å². The third-order valence-electron chi connectivity index (χ3n) is 7.90. The van der Waals surface area contributed by atoms with Crippen molar-refractivity contribution in [1.82, 2.24) is 4.98 Å². The van der Waals surface area contributed by atoms with Gasteiger partial charge in [-0.25, -0.2) is 9.37 Å². The van der Waals surface area contributed by atoms with Crippen LogP contribution in [0.2, 0.25) is 0 Å². The molecular formula is C27H40FNO6S. The Morgan fingerprint density at radius 3 is 2.61 bits per heavy atom. The van der Waals surface area contributed by atoms with Gasteiger partial charge in [-0.15, -0.1) is 11.3 Å². The fourth-order valence-corrected chi connectivity index (χ4v) is 5.66. The van der Waals surface area contributed by atoms with Crippen molar-refractivity contribution in [3.63, 3.8) is 0 Å². The number of aliphatic hydroxyl groups excluding tert-OH is 2. The molecule has 1 aromatic rings. The number of ketones is 1. The maximum atomic E-state index is 15.3. The molecule has 2 fully saturated rings. The molecule has 2 saturated heterocycles. The predicted octanol–water partition coefficient (Wildman–Crippen LogP) is 4.77. The van der Waals surface area contributed by atoms with Crippen LogP contribution in [0.15, 0.2) is 11.2 Å². The van der Waals surface area contributed by atoms with Gasteiger partial charge in [0.15, 0.2) is 6.10 Å². The van der Waals surface area contributed by atoms with Crippen LogP contribution in [-0.4, -0.2) is 57.0 Å². The number of aliphatic hydroxyl groups is 2. The lowest BCUT2D eigenvalue weighted by Gasteiger charge is -2.35. The highest BCUT2D eigenvalue weighted by Gasteiger charge is 2.53. The quantitative estimate of drug-likeness (QED) is 0.432. The number of cyclic esters (lactones) is 1. The third-order valence-corrected chi connectivity index (χ3v) is 8.69. The first-order valence-corrected chi connectivity index (χ1v) is 13.7. The Hall–Kier alpha value is -1.68. The maximum absolute atomic E-state index is 15.3. The zero-order valence-electron chi connectivity index (χ0n) is 22.1. The number of carbonyl (C=O) groups is 2. The molecule has 2 aliphatic heterocycles. The number of thiazole rings is 1. The number of carbonyl (C=O) groups excluding carboxylic acids is 2. The first-order valence-electron chi connectivity index (χ1n) is 12.9. The number of fused-ring (bicyclic) bond motifs is 1. The Labute approximate surface area is 217 Å². The van der Waals surface area contributed by atoms with Crippen LogP contribution in [-0.2, 0) is 19.1 Å². The van der Waals surface area contributed by atoms with E-state index in [-0.39, 0.29) is 24.2 Å². The molecule has 202 valence electrons. The molecule has 3 rings (SSSR count). The van der Waals surface area contributed by atoms with E-state index in [1.54, 1.807) is 19.2 Å². The van der Waals surface area contributed by atoms with Gasteiger partial charge in [0.05, 0.1) is 46.5 Å². The number of esters is 1. The molecule has 3 heterocycles. The number of aromatic nitrogens is 1. The monoisotopic (exact) mass is 525 g/mol. The van der Waals surface area contributed by atoms with Gasteiger partial charge in [0.25, 0.3) is 0 Å². The van der Waals surface area contributed by atoms with E-state index < -0.39 is 53.5 Å². The fraction of sp³-hybridized carbons (Fsp3) is 0.741. The zero-order valence-corrected chi connectivity index (χ0v) is 22.9. The van der Waals surface area contributed by atoms with Crippen LogP contribution in [0.5, 0.6) is 0 Å². The highest BCUT2D eigenvalue weighted by molar-refractivity contribution is 7.09. The van der Waals surface area contributed by atoms with E-state index in [0.717, 1.165) is 11.4 Å². The Bertz CT molecular complexity index is 977. The molecule has 0 bridgehead atoms. The van der Waals surface area contributed by atoms with Crippen molar-refractivity contribution in [3.05, 3.63) is 21.9 Å². The lowest BCUT2D eigenvalue weighted by Crippen LogP contribution is -2.46. The number of Topliss-reactive ketones (excluding diaryl/α,β-unsaturated/α-hetero) is 1. The summed E-state index contributed by atoms with van der Waals surface area (Å²) in [5.41, 5.74) is -1.31. The number of ether oxygens (including phenoxy) is 2. The van der Waals surface area contributed by atoms with E-state index in [4.69, 9.17) is 9.47 Å². The lowest BCUT2D eigenvalue weighted by atomic mass is 9.71. The van der Waals surface area contributed by atoms with Gasteiger partial charge in [0.1, 0.15) is 11.6 Å². The lowest BCUT2D eigenvalue weighted by molar-refractivity contribution is -0.155. The van der Waals surface area contributed by atoms with Crippen molar-refractivity contribution in [2.75, 3.05) is 0 Å². The normalized spacial score (nSPS) is 36.8. The van der Waals surface area contributed by atoms with E-state index in [9.17, 15) is 19.8 Å². The predicted molar refractivity (Wildman–Crippen MR) is 136 cm³/mol. The summed E-state index contributed by atoms with van der Waals surface area (Å²) in [7, 11) is 0. The van der Waals surface area contributed by atoms with Crippen molar-refractivity contribution in [2.45, 2.75) is 110 Å². The summed E-state index contributed by atoms with van der Waals surface area (Å²) in [6.07, 6.45) is -0.139. The number of rotatable bonds is 3. The zero-order chi connectivity index (χ0) is 26.8. The average Bonchev–Trinajstić information content (AvgIpc) is 3.24. The summed E-state index contributed by atoms with van der Waals surface area (Å²) >= 11 is 1.39. The van der Waals surface area contributed by atoms with Gasteiger partial charge >= 0.3 is 5.97 Å². The molecule has 2 aliphatic rings. The Morgan fingerprint density at radius 1 is 1.31 bits per heavy atom. The van der Waals surface area contributed by atoms with Crippen LogP contribution >= 0.6 is 11.3 Å². The standard InChI is InChI=1S/C27H40FNO6S/c1-7-18-24(32)15(2)9-8-10-27(6)22(35-27)12-20(19(28)11-17-14-36-16(3)29-17)34-23(31)13-21(30)26(4,5)25(18)33/h11,14-15,18,20-22,24,30,32H,7-10,12-13H2,1-6H3/b19-11-/t15-,18-,20+,21+,22-,24+,27-/m1/s1. The van der Waals surface area contributed by atoms with Crippen molar-refractivity contribution in [3.8, 4) is 0 Å². The Balaban J connectivity index is 1.87. The average molecular weight is 526 g/mol. The van der Waals surface area contributed by atoms with Crippen molar-refractivity contribution < 1.29 is 33.7 Å². The molecule has 1 aromatic heterocycles. The number of nitrogens with zero attached hydrogens (tertiary/aromatic N) is 1. The van der Waals surface area contributed by atoms with Gasteiger partial charge in [-0.1, -0.05) is 34.1 Å². The second-order valence-electron chi connectivity index (χ2n) is 11.1. The second kappa shape index (κ2) is 11.4. The summed E-state index contributed by atoms with van der Waals surface area (Å²) in [6.45, 7) is 10.7. The fourth-order valence-electron chi connectivity index (χ4n) is 5.09. The molecule has 36 heavy (non-hydrogen) atoms. The van der Waals surface area contributed by atoms with Gasteiger partial charge in [0, 0.05) is 17.7 Å². The van der Waals surface area contributed by atoms with Crippen LogP contribution in [0.25, 0.3) is 6.08 Å². The summed E-state index contributed by atoms with van der Waals surface area (Å²) < 4.78 is 26.7. The molecule has 0 saturated carbocycles. The van der Waals surface area contributed by atoms with Crippen molar-refractivity contribution >= 4 is 29.2 Å². The molecule has 0 radical (unpaired) electrons. The minimum atomic E-state index is -1.35. The SMILES string of the molecule is CC[C@H]1C(=O)C(C)(C)[C@@H](O)CC(=O)O[C@H](/C(F)=C/c2csc(C)n2)C[C@H]2O[C@]2(C)CCC[C@@H](C)[C@@H]1O. The van der Waals surface area contributed by atoms with E-state index in [2.05, 4.69) is 4.98 Å². The number of epoxide rings is 1. The number of hydrogen-bond donors (Lipinski definition) is 2. The van der Waals surface area contributed by atoms with Gasteiger partial charge < -0.3 is 19.7 Å². The highest BCUT2D eigenvalue weighted by Crippen LogP contribution is 2.45. The molecule has 2 N–H and O–H groups in total. The molecule has 0 unspecified atom stereocenters. The van der Waals surface area contributed by atoms with Gasteiger partial charge in [-0.2, -0.15) is 0 Å². The van der Waals surface area contributed by atoms with Crippen molar-refractivity contribution in [1.29, 1.82) is 0 Å². The highest BCUT2D eigenvalue weighted by atomic mass is 32.1. The van der Waals surface area contributed by atoms with Gasteiger partial charge in [0.2, 0.25) is 0 Å². The number of halogens is 1. The van der Waals surface area contributed by atoms with Gasteiger partial charge in [-0.05, 0) is 45.1 Å². The van der Waals surface area contributed by atoms with E-state index in [0.29, 0.717) is 25.0 Å². The molecule has 7 atom stereocenters. The number of aryl methyl sites for hydroxylation is 1. The molecule has 0 spiro atoms. The molecule has 0 amide bonds. The summed E-state index contributed by atoms with van der Waals surface area (Å²) in [6, 6.07) is 0. The van der Waals surface area contributed by atoms with Crippen LogP contribution in [0.3, 0.4) is 0 Å². The minimum absolute atomic E-state index is 0.125. The van der Waals surface area contributed by atoms with E-state index in [1.165, 1.54) is 17.4 Å². The molecule has 9 heteroatoms. The van der Waals surface area contributed by atoms with E-state index >= 15 is 4.39 Å². The topological polar surface area (TPSA) is 109 Å². The first kappa shape index (κ1) is 28.9. The smallest absolute Gasteiger partial charge is 0.309 e. The Morgan fingerprint density at radius 2 is 2.00 bits per heavy atom. The summed E-state index contributed by atoms with van der Waals surface area (Å²) in [5.74, 6) is -2.53. The largest absolute Gasteiger partial charge is 0.455 e. The Kier molecular flexibility index (Phi) is 9.13. The van der Waals surface area contributed by atoms with Crippen LogP contribution in [0.1, 0.15) is 83.8 Å². The van der Waals surface area contributed by atoms with E-state index in [1.807, 2.05) is 27.7 Å². The first-order chi connectivity index (χ1) is 16.8. The van der Waals surface area contributed by atoms with Gasteiger partial charge in [-0.3, -0.25) is 9.59 Å². The second-order valence-corrected chi connectivity index (χ2v) is 12.2. The minimum Gasteiger partial charge on any atom is -0.455 e. The van der Waals surface area contributed by atoms with Crippen LogP contribution in [0, 0.1) is 24.2 Å². The molecule has 0 aromatic carbocycles. The van der Waals surface area contributed by atoms with Crippen LogP contribution in [0.4, 0.5) is 4.39 Å². The summed E-state index contributed by atoms with van der Waals surface area (Å²) in [5, 5.41) is 24.4. The van der Waals surface area contributed by atoms with Crippen LogP contribution < -0.4 is 0 Å².